The van der Waals surface area contributed by atoms with Crippen molar-refractivity contribution in [3.8, 4) is 11.3 Å². The second kappa shape index (κ2) is 6.37. The van der Waals surface area contributed by atoms with Gasteiger partial charge in [-0.3, -0.25) is 4.79 Å². The zero-order valence-electron chi connectivity index (χ0n) is 16.2. The molecule has 140 valence electrons. The van der Waals surface area contributed by atoms with E-state index in [4.69, 9.17) is 4.98 Å². The van der Waals surface area contributed by atoms with E-state index in [-0.39, 0.29) is 11.0 Å². The molecule has 0 spiro atoms. The Bertz CT molecular complexity index is 1130. The molecular weight excluding hydrogens is 356 g/mol. The van der Waals surface area contributed by atoms with Crippen LogP contribution in [0.25, 0.3) is 17.0 Å². The number of hydrogen-bond acceptors (Lipinski definition) is 4. The Hall–Kier alpha value is -2.34. The Morgan fingerprint density at radius 2 is 2.11 bits per heavy atom. The lowest BCUT2D eigenvalue weighted by Gasteiger charge is -2.35. The zero-order chi connectivity index (χ0) is 19.3. The standard InChI is InChI=1S/C21H24N4OS/c1-6-21(4)11-14-9-7-8-10-15(14)17-16(21)18(26)25-19(22-17)24(12-13(2)3)23-20(25)27-5/h7-10H,2,6,11-12H2,1,3-5H3/t21-/m1/s1. The van der Waals surface area contributed by atoms with Gasteiger partial charge in [0.05, 0.1) is 17.8 Å². The maximum absolute atomic E-state index is 13.7. The van der Waals surface area contributed by atoms with Crippen LogP contribution in [-0.2, 0) is 18.4 Å². The van der Waals surface area contributed by atoms with Gasteiger partial charge in [-0.15, -0.1) is 5.10 Å². The number of fused-ring (bicyclic) bond motifs is 4. The van der Waals surface area contributed by atoms with Crippen molar-refractivity contribution in [1.29, 1.82) is 0 Å². The topological polar surface area (TPSA) is 52.2 Å². The van der Waals surface area contributed by atoms with Crippen molar-refractivity contribution in [3.63, 3.8) is 0 Å². The normalized spacial score (nSPS) is 18.4. The fourth-order valence-corrected chi connectivity index (χ4v) is 4.52. The first-order valence-electron chi connectivity index (χ1n) is 9.20. The van der Waals surface area contributed by atoms with Crippen molar-refractivity contribution in [1.82, 2.24) is 19.2 Å². The molecule has 27 heavy (non-hydrogen) atoms. The first-order chi connectivity index (χ1) is 12.9. The molecule has 0 saturated heterocycles. The number of aromatic nitrogens is 4. The van der Waals surface area contributed by atoms with Gasteiger partial charge in [-0.1, -0.05) is 62.0 Å². The van der Waals surface area contributed by atoms with E-state index in [9.17, 15) is 4.79 Å². The highest BCUT2D eigenvalue weighted by atomic mass is 32.2. The molecule has 0 bridgehead atoms. The van der Waals surface area contributed by atoms with Gasteiger partial charge in [-0.05, 0) is 31.6 Å². The van der Waals surface area contributed by atoms with Crippen molar-refractivity contribution in [2.45, 2.75) is 50.7 Å². The van der Waals surface area contributed by atoms with Gasteiger partial charge in [0.1, 0.15) is 0 Å². The van der Waals surface area contributed by atoms with E-state index < -0.39 is 0 Å². The summed E-state index contributed by atoms with van der Waals surface area (Å²) in [5.41, 5.74) is 4.67. The van der Waals surface area contributed by atoms with E-state index in [2.05, 4.69) is 43.7 Å². The number of rotatable bonds is 4. The molecule has 0 radical (unpaired) electrons. The number of benzene rings is 1. The lowest BCUT2D eigenvalue weighted by molar-refractivity contribution is 0.439. The predicted octanol–water partition coefficient (Wildman–Crippen LogP) is 4.08. The monoisotopic (exact) mass is 380 g/mol. The molecule has 4 rings (SSSR count). The van der Waals surface area contributed by atoms with Crippen molar-refractivity contribution >= 4 is 17.5 Å². The fraction of sp³-hybridized carbons (Fsp3) is 0.381. The molecule has 2 heterocycles. The van der Waals surface area contributed by atoms with Crippen LogP contribution in [0.15, 0.2) is 46.4 Å². The quantitative estimate of drug-likeness (QED) is 0.505. The molecule has 1 aromatic carbocycles. The van der Waals surface area contributed by atoms with E-state index in [0.717, 1.165) is 35.2 Å². The average Bonchev–Trinajstić information content (AvgIpc) is 2.99. The highest BCUT2D eigenvalue weighted by Gasteiger charge is 2.38. The van der Waals surface area contributed by atoms with Crippen LogP contribution in [0.1, 0.15) is 38.3 Å². The average molecular weight is 381 g/mol. The Balaban J connectivity index is 2.14. The smallest absolute Gasteiger partial charge is 0.265 e. The summed E-state index contributed by atoms with van der Waals surface area (Å²) in [7, 11) is 0. The van der Waals surface area contributed by atoms with Crippen LogP contribution in [0.4, 0.5) is 0 Å². The van der Waals surface area contributed by atoms with Gasteiger partial charge in [-0.2, -0.15) is 0 Å². The molecule has 1 aliphatic carbocycles. The number of nitrogens with zero attached hydrogens (tertiary/aromatic N) is 4. The van der Waals surface area contributed by atoms with E-state index in [1.54, 1.807) is 9.08 Å². The SMILES string of the molecule is C=C(C)Cn1nc(SC)n2c(=O)c3c(nc12)-c1ccccc1C[C@@]3(C)CC. The summed E-state index contributed by atoms with van der Waals surface area (Å²) in [5, 5.41) is 5.30. The first-order valence-corrected chi connectivity index (χ1v) is 10.4. The predicted molar refractivity (Wildman–Crippen MR) is 111 cm³/mol. The van der Waals surface area contributed by atoms with Gasteiger partial charge in [-0.25, -0.2) is 14.1 Å². The van der Waals surface area contributed by atoms with Gasteiger partial charge in [0.25, 0.3) is 5.56 Å². The molecule has 1 aliphatic rings. The molecule has 0 aliphatic heterocycles. The summed E-state index contributed by atoms with van der Waals surface area (Å²) in [5.74, 6) is 0.584. The Morgan fingerprint density at radius 1 is 1.37 bits per heavy atom. The molecular formula is C21H24N4OS. The molecule has 0 N–H and O–H groups in total. The minimum atomic E-state index is -0.235. The zero-order valence-corrected chi connectivity index (χ0v) is 17.1. The van der Waals surface area contributed by atoms with Crippen LogP contribution in [0, 0.1) is 0 Å². The molecule has 1 atom stereocenters. The van der Waals surface area contributed by atoms with Gasteiger partial charge in [0, 0.05) is 11.0 Å². The van der Waals surface area contributed by atoms with Crippen LogP contribution >= 0.6 is 11.8 Å². The van der Waals surface area contributed by atoms with Crippen molar-refractivity contribution < 1.29 is 0 Å². The molecule has 2 aromatic heterocycles. The molecule has 0 unspecified atom stereocenters. The minimum Gasteiger partial charge on any atom is -0.268 e. The summed E-state index contributed by atoms with van der Waals surface area (Å²) in [4.78, 5) is 18.7. The van der Waals surface area contributed by atoms with Crippen LogP contribution in [0.5, 0.6) is 0 Å². The second-order valence-corrected chi connectivity index (χ2v) is 8.40. The van der Waals surface area contributed by atoms with Gasteiger partial charge >= 0.3 is 0 Å². The molecule has 0 amide bonds. The Labute approximate surface area is 163 Å². The van der Waals surface area contributed by atoms with Crippen LogP contribution in [0.3, 0.4) is 0 Å². The van der Waals surface area contributed by atoms with Crippen molar-refractivity contribution in [2.24, 2.45) is 0 Å². The van der Waals surface area contributed by atoms with E-state index >= 15 is 0 Å². The van der Waals surface area contributed by atoms with Crippen molar-refractivity contribution in [3.05, 3.63) is 57.9 Å². The largest absolute Gasteiger partial charge is 0.268 e. The van der Waals surface area contributed by atoms with Gasteiger partial charge < -0.3 is 0 Å². The molecule has 0 fully saturated rings. The molecule has 0 saturated carbocycles. The summed E-state index contributed by atoms with van der Waals surface area (Å²) in [6.45, 7) is 10.8. The van der Waals surface area contributed by atoms with Crippen LogP contribution in [0.2, 0.25) is 0 Å². The second-order valence-electron chi connectivity index (χ2n) is 7.63. The fourth-order valence-electron chi connectivity index (χ4n) is 4.00. The Kier molecular flexibility index (Phi) is 4.26. The highest BCUT2D eigenvalue weighted by Crippen LogP contribution is 2.42. The summed E-state index contributed by atoms with van der Waals surface area (Å²) in [6.07, 6.45) is 3.67. The maximum atomic E-state index is 13.7. The summed E-state index contributed by atoms with van der Waals surface area (Å²) < 4.78 is 3.46. The van der Waals surface area contributed by atoms with Gasteiger partial charge in [0.15, 0.2) is 5.16 Å². The third-order valence-electron chi connectivity index (χ3n) is 5.53. The lowest BCUT2D eigenvalue weighted by Crippen LogP contribution is -2.37. The highest BCUT2D eigenvalue weighted by molar-refractivity contribution is 7.98. The molecule has 5 nitrogen and oxygen atoms in total. The van der Waals surface area contributed by atoms with E-state index in [1.165, 1.54) is 17.3 Å². The number of thioether (sulfide) groups is 1. The summed E-state index contributed by atoms with van der Waals surface area (Å²) in [6, 6.07) is 8.29. The van der Waals surface area contributed by atoms with Crippen molar-refractivity contribution in [2.75, 3.05) is 6.26 Å². The van der Waals surface area contributed by atoms with Crippen LogP contribution < -0.4 is 5.56 Å². The maximum Gasteiger partial charge on any atom is 0.265 e. The molecule has 6 heteroatoms. The third-order valence-corrected chi connectivity index (χ3v) is 6.16. The van der Waals surface area contributed by atoms with E-state index in [1.807, 2.05) is 19.2 Å². The van der Waals surface area contributed by atoms with E-state index in [0.29, 0.717) is 17.5 Å². The number of allylic oxidation sites excluding steroid dienone is 1. The van der Waals surface area contributed by atoms with Gasteiger partial charge in [0.2, 0.25) is 5.78 Å². The first kappa shape index (κ1) is 18.0. The number of hydrogen-bond donors (Lipinski definition) is 0. The lowest BCUT2D eigenvalue weighted by atomic mass is 9.69. The van der Waals surface area contributed by atoms with Crippen LogP contribution in [-0.4, -0.2) is 25.4 Å². The summed E-state index contributed by atoms with van der Waals surface area (Å²) >= 11 is 1.47. The Morgan fingerprint density at radius 3 is 2.78 bits per heavy atom. The molecule has 3 aromatic rings. The minimum absolute atomic E-state index is 0.00571. The third kappa shape index (κ3) is 2.65.